The van der Waals surface area contributed by atoms with E-state index in [-0.39, 0.29) is 11.9 Å². The van der Waals surface area contributed by atoms with Crippen molar-refractivity contribution >= 4 is 11.7 Å². The Hall–Kier alpha value is -2.47. The average Bonchev–Trinajstić information content (AvgIpc) is 2.54. The van der Waals surface area contributed by atoms with Gasteiger partial charge in [0, 0.05) is 23.7 Å². The number of nitrogen functional groups attached to an aromatic ring is 1. The topological polar surface area (TPSA) is 92.9 Å². The first-order chi connectivity index (χ1) is 10.1. The van der Waals surface area contributed by atoms with Crippen molar-refractivity contribution in [3.8, 4) is 0 Å². The minimum atomic E-state index is -0.159. The standard InChI is InChI=1S/C15H19N5O/c1-3-13-8-12(9-14(19-13)20-16)15(21)18-10(2)11-4-6-17-7-5-11/h4-10H,3,16H2,1-2H3,(H,18,21)(H,19,20). The van der Waals surface area contributed by atoms with Crippen LogP contribution < -0.4 is 16.6 Å². The molecule has 2 heterocycles. The number of carbonyl (C=O) groups is 1. The molecule has 0 saturated carbocycles. The van der Waals surface area contributed by atoms with Crippen LogP contribution in [-0.2, 0) is 6.42 Å². The molecule has 0 fully saturated rings. The molecule has 0 radical (unpaired) electrons. The second kappa shape index (κ2) is 6.81. The number of aromatic nitrogens is 2. The quantitative estimate of drug-likeness (QED) is 0.575. The van der Waals surface area contributed by atoms with Crippen molar-refractivity contribution in [3.63, 3.8) is 0 Å². The summed E-state index contributed by atoms with van der Waals surface area (Å²) in [5.41, 5.74) is 4.83. The molecule has 6 nitrogen and oxygen atoms in total. The van der Waals surface area contributed by atoms with Crippen molar-refractivity contribution in [1.29, 1.82) is 0 Å². The van der Waals surface area contributed by atoms with Crippen molar-refractivity contribution in [2.45, 2.75) is 26.3 Å². The van der Waals surface area contributed by atoms with Crippen molar-refractivity contribution < 1.29 is 4.79 Å². The van der Waals surface area contributed by atoms with Crippen LogP contribution in [0.5, 0.6) is 0 Å². The Kier molecular flexibility index (Phi) is 4.84. The number of aryl methyl sites for hydroxylation is 1. The number of hydrazine groups is 1. The summed E-state index contributed by atoms with van der Waals surface area (Å²) in [6.07, 6.45) is 4.14. The first-order valence-electron chi connectivity index (χ1n) is 6.82. The number of amides is 1. The lowest BCUT2D eigenvalue weighted by atomic mass is 10.1. The smallest absolute Gasteiger partial charge is 0.251 e. The van der Waals surface area contributed by atoms with Crippen LogP contribution in [0.4, 0.5) is 5.82 Å². The fourth-order valence-electron chi connectivity index (χ4n) is 1.99. The molecule has 2 rings (SSSR count). The first kappa shape index (κ1) is 14.9. The molecule has 4 N–H and O–H groups in total. The molecule has 0 bridgehead atoms. The van der Waals surface area contributed by atoms with E-state index in [0.717, 1.165) is 17.7 Å². The molecule has 0 spiro atoms. The Balaban J connectivity index is 2.16. The Morgan fingerprint density at radius 3 is 2.67 bits per heavy atom. The Labute approximate surface area is 123 Å². The van der Waals surface area contributed by atoms with Gasteiger partial charge in [-0.1, -0.05) is 6.92 Å². The van der Waals surface area contributed by atoms with Gasteiger partial charge in [-0.05, 0) is 43.2 Å². The van der Waals surface area contributed by atoms with Gasteiger partial charge in [0.05, 0.1) is 6.04 Å². The predicted octanol–water partition coefficient (Wildman–Crippen LogP) is 1.82. The molecule has 0 aromatic carbocycles. The number of pyridine rings is 2. The summed E-state index contributed by atoms with van der Waals surface area (Å²) >= 11 is 0. The molecular weight excluding hydrogens is 266 g/mol. The number of nitrogens with one attached hydrogen (secondary N) is 2. The summed E-state index contributed by atoms with van der Waals surface area (Å²) < 4.78 is 0. The number of carbonyl (C=O) groups excluding carboxylic acids is 1. The fraction of sp³-hybridized carbons (Fsp3) is 0.267. The SMILES string of the molecule is CCc1cc(C(=O)NC(C)c2ccncc2)cc(NN)n1. The van der Waals surface area contributed by atoms with Crippen LogP contribution in [0.3, 0.4) is 0 Å². The van der Waals surface area contributed by atoms with E-state index in [2.05, 4.69) is 20.7 Å². The molecular formula is C15H19N5O. The summed E-state index contributed by atoms with van der Waals surface area (Å²) in [7, 11) is 0. The van der Waals surface area contributed by atoms with E-state index in [1.807, 2.05) is 26.0 Å². The summed E-state index contributed by atoms with van der Waals surface area (Å²) in [6.45, 7) is 3.90. The maximum absolute atomic E-state index is 12.3. The van der Waals surface area contributed by atoms with Gasteiger partial charge in [-0.2, -0.15) is 0 Å². The van der Waals surface area contributed by atoms with E-state index in [1.165, 1.54) is 0 Å². The largest absolute Gasteiger partial charge is 0.346 e. The molecule has 21 heavy (non-hydrogen) atoms. The molecule has 110 valence electrons. The van der Waals surface area contributed by atoms with Gasteiger partial charge in [-0.15, -0.1) is 0 Å². The van der Waals surface area contributed by atoms with E-state index >= 15 is 0 Å². The third kappa shape index (κ3) is 3.76. The molecule has 1 amide bonds. The molecule has 2 aromatic heterocycles. The normalized spacial score (nSPS) is 11.8. The van der Waals surface area contributed by atoms with Gasteiger partial charge in [0.15, 0.2) is 0 Å². The van der Waals surface area contributed by atoms with E-state index in [1.54, 1.807) is 24.5 Å². The predicted molar refractivity (Wildman–Crippen MR) is 81.5 cm³/mol. The Morgan fingerprint density at radius 2 is 2.05 bits per heavy atom. The van der Waals surface area contributed by atoms with Crippen LogP contribution >= 0.6 is 0 Å². The van der Waals surface area contributed by atoms with E-state index in [0.29, 0.717) is 11.4 Å². The van der Waals surface area contributed by atoms with Crippen molar-refractivity contribution in [2.75, 3.05) is 5.43 Å². The summed E-state index contributed by atoms with van der Waals surface area (Å²) in [5.74, 6) is 5.71. The lowest BCUT2D eigenvalue weighted by Crippen LogP contribution is -2.27. The molecule has 1 atom stereocenters. The van der Waals surface area contributed by atoms with E-state index < -0.39 is 0 Å². The zero-order valence-electron chi connectivity index (χ0n) is 12.1. The van der Waals surface area contributed by atoms with Gasteiger partial charge < -0.3 is 10.7 Å². The zero-order chi connectivity index (χ0) is 15.2. The lowest BCUT2D eigenvalue weighted by Gasteiger charge is -2.15. The third-order valence-electron chi connectivity index (χ3n) is 3.20. The van der Waals surface area contributed by atoms with Crippen LogP contribution in [0.2, 0.25) is 0 Å². The van der Waals surface area contributed by atoms with E-state index in [4.69, 9.17) is 5.84 Å². The van der Waals surface area contributed by atoms with Crippen molar-refractivity contribution in [1.82, 2.24) is 15.3 Å². The zero-order valence-corrected chi connectivity index (χ0v) is 12.1. The minimum absolute atomic E-state index is 0.104. The number of hydrogen-bond donors (Lipinski definition) is 3. The van der Waals surface area contributed by atoms with Crippen molar-refractivity contribution in [2.24, 2.45) is 5.84 Å². The minimum Gasteiger partial charge on any atom is -0.346 e. The van der Waals surface area contributed by atoms with Gasteiger partial charge in [0.25, 0.3) is 5.91 Å². The average molecular weight is 285 g/mol. The molecule has 0 aliphatic rings. The molecule has 2 aromatic rings. The van der Waals surface area contributed by atoms with Crippen LogP contribution in [0, 0.1) is 0 Å². The monoisotopic (exact) mass is 285 g/mol. The lowest BCUT2D eigenvalue weighted by molar-refractivity contribution is 0.0939. The first-order valence-corrected chi connectivity index (χ1v) is 6.82. The van der Waals surface area contributed by atoms with Crippen LogP contribution in [0.15, 0.2) is 36.7 Å². The molecule has 6 heteroatoms. The Morgan fingerprint density at radius 1 is 1.33 bits per heavy atom. The van der Waals surface area contributed by atoms with Gasteiger partial charge in [0.2, 0.25) is 0 Å². The number of anilines is 1. The summed E-state index contributed by atoms with van der Waals surface area (Å²) in [5, 5.41) is 2.95. The van der Waals surface area contributed by atoms with Crippen molar-refractivity contribution in [3.05, 3.63) is 53.5 Å². The molecule has 0 saturated heterocycles. The highest BCUT2D eigenvalue weighted by Crippen LogP contribution is 2.14. The Bertz CT molecular complexity index is 592. The molecule has 0 aliphatic carbocycles. The third-order valence-corrected chi connectivity index (χ3v) is 3.20. The van der Waals surface area contributed by atoms with Crippen LogP contribution in [-0.4, -0.2) is 15.9 Å². The molecule has 1 unspecified atom stereocenters. The maximum Gasteiger partial charge on any atom is 0.251 e. The maximum atomic E-state index is 12.3. The highest BCUT2D eigenvalue weighted by atomic mass is 16.1. The van der Waals surface area contributed by atoms with Gasteiger partial charge in [0.1, 0.15) is 5.82 Å². The second-order valence-corrected chi connectivity index (χ2v) is 4.71. The summed E-state index contributed by atoms with van der Waals surface area (Å²) in [6, 6.07) is 7.06. The van der Waals surface area contributed by atoms with Gasteiger partial charge >= 0.3 is 0 Å². The number of nitrogens with zero attached hydrogens (tertiary/aromatic N) is 2. The number of nitrogens with two attached hydrogens (primary N) is 1. The summed E-state index contributed by atoms with van der Waals surface area (Å²) in [4.78, 5) is 20.6. The van der Waals surface area contributed by atoms with Crippen LogP contribution in [0.1, 0.15) is 41.5 Å². The molecule has 0 aliphatic heterocycles. The highest BCUT2D eigenvalue weighted by molar-refractivity contribution is 5.95. The van der Waals surface area contributed by atoms with Gasteiger partial charge in [-0.25, -0.2) is 10.8 Å². The highest BCUT2D eigenvalue weighted by Gasteiger charge is 2.13. The number of hydrogen-bond acceptors (Lipinski definition) is 5. The number of rotatable bonds is 5. The fourth-order valence-corrected chi connectivity index (χ4v) is 1.99. The van der Waals surface area contributed by atoms with Crippen LogP contribution in [0.25, 0.3) is 0 Å². The second-order valence-electron chi connectivity index (χ2n) is 4.71. The van der Waals surface area contributed by atoms with E-state index in [9.17, 15) is 4.79 Å². The van der Waals surface area contributed by atoms with Gasteiger partial charge in [-0.3, -0.25) is 9.78 Å².